The SMILES string of the molecule is COC(=O)C1[C@H]2[C@@H]3[C@H](c4ccco4)Nc4cc(C)cc(C)c4[C@@H]3N(C(=O)OC(C)(C)C)[C@@H]12. The van der Waals surface area contributed by atoms with Crippen LogP contribution in [-0.2, 0) is 14.3 Å². The molecular formula is C25H30N2O5. The third-order valence-electron chi connectivity index (χ3n) is 6.92. The van der Waals surface area contributed by atoms with Crippen LogP contribution in [-0.4, -0.2) is 35.7 Å². The van der Waals surface area contributed by atoms with Crippen LogP contribution in [0.2, 0.25) is 0 Å². The Labute approximate surface area is 188 Å². The zero-order chi connectivity index (χ0) is 22.9. The summed E-state index contributed by atoms with van der Waals surface area (Å²) in [6.45, 7) is 9.71. The van der Waals surface area contributed by atoms with Gasteiger partial charge in [0, 0.05) is 23.1 Å². The van der Waals surface area contributed by atoms with Crippen molar-refractivity contribution < 1.29 is 23.5 Å². The van der Waals surface area contributed by atoms with E-state index in [0.717, 1.165) is 28.1 Å². The molecular weight excluding hydrogens is 408 g/mol. The molecule has 1 unspecified atom stereocenters. The lowest BCUT2D eigenvalue weighted by Crippen LogP contribution is -2.45. The average molecular weight is 439 g/mol. The molecule has 0 spiro atoms. The number of benzene rings is 1. The van der Waals surface area contributed by atoms with Gasteiger partial charge in [0.15, 0.2) is 0 Å². The Bertz CT molecular complexity index is 1070. The van der Waals surface area contributed by atoms with Gasteiger partial charge in [-0.05, 0) is 63.9 Å². The number of furan rings is 1. The molecule has 7 nitrogen and oxygen atoms in total. The van der Waals surface area contributed by atoms with Crippen LogP contribution in [0.25, 0.3) is 0 Å². The van der Waals surface area contributed by atoms with Gasteiger partial charge in [0.1, 0.15) is 11.4 Å². The third kappa shape index (κ3) is 3.09. The lowest BCUT2D eigenvalue weighted by molar-refractivity contribution is -0.143. The zero-order valence-electron chi connectivity index (χ0n) is 19.3. The number of fused-ring (bicyclic) bond motifs is 5. The number of hydrogen-bond donors (Lipinski definition) is 1. The number of carbonyl (C=O) groups is 2. The first kappa shape index (κ1) is 20.9. The van der Waals surface area contributed by atoms with E-state index in [1.807, 2.05) is 32.9 Å². The number of anilines is 1. The number of ether oxygens (including phenoxy) is 2. The van der Waals surface area contributed by atoms with E-state index < -0.39 is 11.7 Å². The number of nitrogens with zero attached hydrogens (tertiary/aromatic N) is 1. The summed E-state index contributed by atoms with van der Waals surface area (Å²) in [5.41, 5.74) is 3.70. The van der Waals surface area contributed by atoms with Gasteiger partial charge in [-0.2, -0.15) is 0 Å². The standard InChI is InChI=1S/C25H30N2O5/c1-12-10-13(2)16-14(11-12)26-20(15-8-7-9-31-15)18-17-19(23(28)30-6)22(17)27(21(16)18)24(29)32-25(3,4)5/h7-11,17-22,26H,1-6H3/t17-,18-,19?,20+,21+,22-/m1/s1. The first-order valence-electron chi connectivity index (χ1n) is 11.1. The largest absolute Gasteiger partial charge is 0.469 e. The highest BCUT2D eigenvalue weighted by Crippen LogP contribution is 2.67. The molecule has 1 aliphatic carbocycles. The second-order valence-electron chi connectivity index (χ2n) is 10.2. The van der Waals surface area contributed by atoms with Crippen LogP contribution < -0.4 is 5.32 Å². The number of methoxy groups -OCH3 is 1. The molecule has 7 heteroatoms. The Morgan fingerprint density at radius 1 is 1.16 bits per heavy atom. The summed E-state index contributed by atoms with van der Waals surface area (Å²) >= 11 is 0. The van der Waals surface area contributed by atoms with E-state index in [9.17, 15) is 9.59 Å². The van der Waals surface area contributed by atoms with Crippen molar-refractivity contribution in [1.82, 2.24) is 4.90 Å². The van der Waals surface area contributed by atoms with E-state index in [-0.39, 0.29) is 41.8 Å². The first-order chi connectivity index (χ1) is 15.1. The number of amides is 1. The second-order valence-corrected chi connectivity index (χ2v) is 10.2. The molecule has 6 atom stereocenters. The molecule has 5 rings (SSSR count). The van der Waals surface area contributed by atoms with Gasteiger partial charge in [0.25, 0.3) is 0 Å². The highest BCUT2D eigenvalue weighted by molar-refractivity contribution is 5.82. The van der Waals surface area contributed by atoms with Crippen molar-refractivity contribution in [2.45, 2.75) is 58.3 Å². The van der Waals surface area contributed by atoms with Crippen molar-refractivity contribution in [2.24, 2.45) is 17.8 Å². The molecule has 1 saturated carbocycles. The number of rotatable bonds is 2. The number of esters is 1. The van der Waals surface area contributed by atoms with Crippen LogP contribution in [0.15, 0.2) is 34.9 Å². The van der Waals surface area contributed by atoms with Crippen LogP contribution in [0.5, 0.6) is 0 Å². The van der Waals surface area contributed by atoms with Crippen molar-refractivity contribution >= 4 is 17.7 Å². The van der Waals surface area contributed by atoms with Crippen molar-refractivity contribution in [1.29, 1.82) is 0 Å². The van der Waals surface area contributed by atoms with Gasteiger partial charge in [-0.1, -0.05) is 6.07 Å². The quantitative estimate of drug-likeness (QED) is 0.681. The molecule has 1 saturated heterocycles. The highest BCUT2D eigenvalue weighted by Gasteiger charge is 2.74. The molecule has 3 aliphatic rings. The lowest BCUT2D eigenvalue weighted by atomic mass is 9.77. The summed E-state index contributed by atoms with van der Waals surface area (Å²) < 4.78 is 16.7. The normalized spacial score (nSPS) is 30.0. The minimum atomic E-state index is -0.640. The lowest BCUT2D eigenvalue weighted by Gasteiger charge is -2.43. The summed E-state index contributed by atoms with van der Waals surface area (Å²) in [6, 6.07) is 7.43. The van der Waals surface area contributed by atoms with Crippen molar-refractivity contribution in [3.63, 3.8) is 0 Å². The molecule has 0 bridgehead atoms. The topological polar surface area (TPSA) is 81.0 Å². The average Bonchev–Trinajstić information content (AvgIpc) is 3.05. The Morgan fingerprint density at radius 2 is 1.91 bits per heavy atom. The monoisotopic (exact) mass is 438 g/mol. The Hall–Kier alpha value is -2.96. The van der Waals surface area contributed by atoms with Crippen molar-refractivity contribution in [2.75, 3.05) is 12.4 Å². The van der Waals surface area contributed by atoms with Crippen LogP contribution in [0, 0.1) is 31.6 Å². The minimum Gasteiger partial charge on any atom is -0.469 e. The summed E-state index contributed by atoms with van der Waals surface area (Å²) in [6.07, 6.45) is 1.27. The fraction of sp³-hybridized carbons (Fsp3) is 0.520. The van der Waals surface area contributed by atoms with E-state index >= 15 is 0 Å². The summed E-state index contributed by atoms with van der Waals surface area (Å²) in [5.74, 6) is 0.0789. The van der Waals surface area contributed by atoms with Crippen LogP contribution in [0.3, 0.4) is 0 Å². The van der Waals surface area contributed by atoms with E-state index in [0.29, 0.717) is 0 Å². The molecule has 1 aromatic carbocycles. The van der Waals surface area contributed by atoms with E-state index in [4.69, 9.17) is 13.9 Å². The van der Waals surface area contributed by atoms with Crippen LogP contribution >= 0.6 is 0 Å². The number of likely N-dealkylation sites (tertiary alicyclic amines) is 1. The number of aryl methyl sites for hydroxylation is 2. The molecule has 2 aromatic rings. The number of hydrogen-bond acceptors (Lipinski definition) is 6. The van der Waals surface area contributed by atoms with E-state index in [2.05, 4.69) is 31.3 Å². The minimum absolute atomic E-state index is 0.0311. The Balaban J connectivity index is 1.66. The maximum atomic E-state index is 13.5. The summed E-state index contributed by atoms with van der Waals surface area (Å²) in [7, 11) is 1.40. The molecule has 32 heavy (non-hydrogen) atoms. The zero-order valence-corrected chi connectivity index (χ0v) is 19.3. The maximum Gasteiger partial charge on any atom is 0.411 e. The summed E-state index contributed by atoms with van der Waals surface area (Å²) in [4.78, 5) is 27.9. The van der Waals surface area contributed by atoms with Gasteiger partial charge in [0.05, 0.1) is 37.4 Å². The molecule has 2 fully saturated rings. The Morgan fingerprint density at radius 3 is 2.53 bits per heavy atom. The third-order valence-corrected chi connectivity index (χ3v) is 6.92. The molecule has 2 aliphatic heterocycles. The fourth-order valence-electron chi connectivity index (χ4n) is 5.93. The number of carbonyl (C=O) groups excluding carboxylic acids is 2. The van der Waals surface area contributed by atoms with Crippen molar-refractivity contribution in [3.05, 3.63) is 53.0 Å². The summed E-state index contributed by atoms with van der Waals surface area (Å²) in [5, 5.41) is 3.67. The van der Waals surface area contributed by atoms with E-state index in [1.54, 1.807) is 11.2 Å². The van der Waals surface area contributed by atoms with Gasteiger partial charge in [0.2, 0.25) is 0 Å². The number of nitrogens with one attached hydrogen (secondary N) is 1. The second kappa shape index (κ2) is 7.02. The predicted octanol–water partition coefficient (Wildman–Crippen LogP) is 4.76. The van der Waals surface area contributed by atoms with E-state index in [1.165, 1.54) is 7.11 Å². The molecule has 1 aromatic heterocycles. The smallest absolute Gasteiger partial charge is 0.411 e. The van der Waals surface area contributed by atoms with Crippen LogP contribution in [0.4, 0.5) is 10.5 Å². The van der Waals surface area contributed by atoms with Gasteiger partial charge in [-0.3, -0.25) is 9.69 Å². The molecule has 3 heterocycles. The highest BCUT2D eigenvalue weighted by atomic mass is 16.6. The first-order valence-corrected chi connectivity index (χ1v) is 11.1. The predicted molar refractivity (Wildman–Crippen MR) is 118 cm³/mol. The Kier molecular flexibility index (Phi) is 4.59. The van der Waals surface area contributed by atoms with Gasteiger partial charge >= 0.3 is 12.1 Å². The molecule has 170 valence electrons. The number of piperidine rings is 1. The van der Waals surface area contributed by atoms with Crippen molar-refractivity contribution in [3.8, 4) is 0 Å². The van der Waals surface area contributed by atoms with Gasteiger partial charge < -0.3 is 19.2 Å². The molecule has 0 radical (unpaired) electrons. The molecule has 1 amide bonds. The van der Waals surface area contributed by atoms with Crippen LogP contribution in [0.1, 0.15) is 55.3 Å². The fourth-order valence-corrected chi connectivity index (χ4v) is 5.93. The molecule has 1 N–H and O–H groups in total. The van der Waals surface area contributed by atoms with Gasteiger partial charge in [-0.15, -0.1) is 0 Å². The van der Waals surface area contributed by atoms with Gasteiger partial charge in [-0.25, -0.2) is 4.79 Å². The maximum absolute atomic E-state index is 13.5.